The van der Waals surface area contributed by atoms with Crippen LogP contribution < -0.4 is 4.90 Å². The summed E-state index contributed by atoms with van der Waals surface area (Å²) in [6.45, 7) is 5.55. The monoisotopic (exact) mass is 416 g/mol. The van der Waals surface area contributed by atoms with E-state index >= 15 is 0 Å². The Morgan fingerprint density at radius 3 is 3.00 bits per heavy atom. The van der Waals surface area contributed by atoms with Crippen molar-refractivity contribution in [1.29, 1.82) is 0 Å². The van der Waals surface area contributed by atoms with Crippen LogP contribution in [0.15, 0.2) is 42.7 Å². The highest BCUT2D eigenvalue weighted by Crippen LogP contribution is 2.33. The molecule has 6 rings (SSSR count). The highest BCUT2D eigenvalue weighted by molar-refractivity contribution is 5.53. The van der Waals surface area contributed by atoms with Crippen LogP contribution in [0.25, 0.3) is 5.65 Å². The number of imidazole rings is 1. The molecule has 0 radical (unpaired) electrons. The van der Waals surface area contributed by atoms with Crippen LogP contribution >= 0.6 is 0 Å². The minimum atomic E-state index is 0.379. The van der Waals surface area contributed by atoms with Gasteiger partial charge in [-0.2, -0.15) is 0 Å². The zero-order valence-corrected chi connectivity index (χ0v) is 18.5. The smallest absolute Gasteiger partial charge is 0.138 e. The van der Waals surface area contributed by atoms with Crippen molar-refractivity contribution in [2.75, 3.05) is 38.1 Å². The molecule has 6 nitrogen and oxygen atoms in total. The third-order valence-electron chi connectivity index (χ3n) is 7.54. The summed E-state index contributed by atoms with van der Waals surface area (Å²) < 4.78 is 2.31. The van der Waals surface area contributed by atoms with Crippen molar-refractivity contribution >= 4 is 11.5 Å². The average Bonchev–Trinajstić information content (AvgIpc) is 3.44. The van der Waals surface area contributed by atoms with E-state index in [2.05, 4.69) is 62.7 Å². The van der Waals surface area contributed by atoms with Gasteiger partial charge in [0.2, 0.25) is 0 Å². The Morgan fingerprint density at radius 2 is 2.03 bits per heavy atom. The van der Waals surface area contributed by atoms with E-state index in [9.17, 15) is 0 Å². The summed E-state index contributed by atoms with van der Waals surface area (Å²) >= 11 is 0. The second kappa shape index (κ2) is 7.92. The van der Waals surface area contributed by atoms with Gasteiger partial charge in [0.25, 0.3) is 0 Å². The van der Waals surface area contributed by atoms with Gasteiger partial charge in [-0.1, -0.05) is 12.1 Å². The summed E-state index contributed by atoms with van der Waals surface area (Å²) in [5.41, 5.74) is 4.86. The van der Waals surface area contributed by atoms with Gasteiger partial charge in [-0.25, -0.2) is 4.98 Å². The molecule has 1 aliphatic carbocycles. The first-order valence-electron chi connectivity index (χ1n) is 11.9. The number of anilines is 1. The average molecular weight is 417 g/mol. The molecule has 0 spiro atoms. The zero-order valence-electron chi connectivity index (χ0n) is 18.5. The molecule has 2 saturated heterocycles. The van der Waals surface area contributed by atoms with E-state index < -0.39 is 0 Å². The maximum atomic E-state index is 4.99. The van der Waals surface area contributed by atoms with Crippen LogP contribution in [0, 0.1) is 0 Å². The molecule has 0 N–H and O–H groups in total. The van der Waals surface area contributed by atoms with E-state index in [1.165, 1.54) is 55.8 Å². The van der Waals surface area contributed by atoms with Crippen molar-refractivity contribution in [3.05, 3.63) is 59.7 Å². The Balaban J connectivity index is 1.24. The lowest BCUT2D eigenvalue weighted by molar-refractivity contribution is 0.206. The minimum Gasteiger partial charge on any atom is -0.355 e. The molecule has 2 unspecified atom stereocenters. The molecule has 162 valence electrons. The summed E-state index contributed by atoms with van der Waals surface area (Å²) in [5.74, 6) is 1.29. The highest BCUT2D eigenvalue weighted by Gasteiger charge is 2.31. The van der Waals surface area contributed by atoms with Crippen LogP contribution in [0.5, 0.6) is 0 Å². The van der Waals surface area contributed by atoms with E-state index in [4.69, 9.17) is 9.97 Å². The molecule has 2 fully saturated rings. The summed E-state index contributed by atoms with van der Waals surface area (Å²) in [4.78, 5) is 17.4. The Labute approximate surface area is 184 Å². The van der Waals surface area contributed by atoms with Crippen LogP contribution in [0.1, 0.15) is 48.7 Å². The third-order valence-corrected chi connectivity index (χ3v) is 7.54. The number of hydrogen-bond acceptors (Lipinski definition) is 5. The molecule has 5 heterocycles. The van der Waals surface area contributed by atoms with Gasteiger partial charge in [-0.15, -0.1) is 0 Å². The van der Waals surface area contributed by atoms with E-state index in [1.807, 2.05) is 6.20 Å². The lowest BCUT2D eigenvalue weighted by atomic mass is 9.91. The minimum absolute atomic E-state index is 0.379. The number of nitrogens with zero attached hydrogens (tertiary/aromatic N) is 6. The molecule has 0 amide bonds. The van der Waals surface area contributed by atoms with E-state index in [-0.39, 0.29) is 0 Å². The Hall–Kier alpha value is -2.44. The first-order chi connectivity index (χ1) is 15.3. The number of rotatable bonds is 4. The van der Waals surface area contributed by atoms with Gasteiger partial charge in [-0.3, -0.25) is 19.2 Å². The molecule has 3 aromatic heterocycles. The van der Waals surface area contributed by atoms with Crippen LogP contribution in [0.2, 0.25) is 0 Å². The fourth-order valence-electron chi connectivity index (χ4n) is 5.96. The van der Waals surface area contributed by atoms with Crippen molar-refractivity contribution in [1.82, 2.24) is 24.2 Å². The fourth-order valence-corrected chi connectivity index (χ4v) is 5.96. The molecule has 0 bridgehead atoms. The molecule has 2 aliphatic heterocycles. The van der Waals surface area contributed by atoms with Gasteiger partial charge in [-0.05, 0) is 69.5 Å². The number of piperazine rings is 1. The van der Waals surface area contributed by atoms with Crippen molar-refractivity contribution in [2.45, 2.75) is 50.7 Å². The topological polar surface area (TPSA) is 39.9 Å². The van der Waals surface area contributed by atoms with Gasteiger partial charge in [0, 0.05) is 44.6 Å². The van der Waals surface area contributed by atoms with Crippen molar-refractivity contribution in [2.24, 2.45) is 0 Å². The molecule has 0 aromatic carbocycles. The second-order valence-corrected chi connectivity index (χ2v) is 9.49. The summed E-state index contributed by atoms with van der Waals surface area (Å²) in [6, 6.07) is 12.0. The number of fused-ring (bicyclic) bond motifs is 3. The van der Waals surface area contributed by atoms with Crippen molar-refractivity contribution < 1.29 is 0 Å². The summed E-state index contributed by atoms with van der Waals surface area (Å²) in [6.07, 6.45) is 10.4. The third kappa shape index (κ3) is 3.52. The van der Waals surface area contributed by atoms with Crippen LogP contribution in [-0.4, -0.2) is 63.4 Å². The second-order valence-electron chi connectivity index (χ2n) is 9.49. The maximum Gasteiger partial charge on any atom is 0.138 e. The van der Waals surface area contributed by atoms with Gasteiger partial charge in [0.1, 0.15) is 11.5 Å². The summed E-state index contributed by atoms with van der Waals surface area (Å²) in [7, 11) is 2.22. The van der Waals surface area contributed by atoms with Gasteiger partial charge >= 0.3 is 0 Å². The van der Waals surface area contributed by atoms with Crippen molar-refractivity contribution in [3.8, 4) is 0 Å². The predicted octanol–water partition coefficient (Wildman–Crippen LogP) is 3.52. The molecular formula is C25H32N6. The lowest BCUT2D eigenvalue weighted by Gasteiger charge is -2.38. The molecule has 31 heavy (non-hydrogen) atoms. The van der Waals surface area contributed by atoms with Gasteiger partial charge in [0.05, 0.1) is 17.4 Å². The largest absolute Gasteiger partial charge is 0.355 e. The SMILES string of the molecule is CN(Cc1cn2c(N3CCN4CCCC4C3)cccc2n1)C1CCCc2cccnc21. The van der Waals surface area contributed by atoms with E-state index in [0.29, 0.717) is 6.04 Å². The first-order valence-corrected chi connectivity index (χ1v) is 11.9. The van der Waals surface area contributed by atoms with E-state index in [1.54, 1.807) is 0 Å². The Bertz CT molecular complexity index is 1070. The number of aromatic nitrogens is 3. The molecule has 3 aliphatic rings. The molecule has 2 atom stereocenters. The number of hydrogen-bond donors (Lipinski definition) is 0. The Kier molecular flexibility index (Phi) is 4.92. The lowest BCUT2D eigenvalue weighted by Crippen LogP contribution is -2.50. The van der Waals surface area contributed by atoms with Crippen LogP contribution in [0.3, 0.4) is 0 Å². The number of pyridine rings is 2. The maximum absolute atomic E-state index is 4.99. The normalized spacial score (nSPS) is 24.0. The van der Waals surface area contributed by atoms with Gasteiger partial charge in [0.15, 0.2) is 0 Å². The van der Waals surface area contributed by atoms with Crippen molar-refractivity contribution in [3.63, 3.8) is 0 Å². The molecule has 0 saturated carbocycles. The quantitative estimate of drug-likeness (QED) is 0.651. The Morgan fingerprint density at radius 1 is 1.06 bits per heavy atom. The van der Waals surface area contributed by atoms with Crippen LogP contribution in [0.4, 0.5) is 5.82 Å². The first kappa shape index (κ1) is 19.3. The highest BCUT2D eigenvalue weighted by atomic mass is 15.3. The predicted molar refractivity (Wildman–Crippen MR) is 123 cm³/mol. The molecule has 3 aromatic rings. The zero-order chi connectivity index (χ0) is 20.8. The van der Waals surface area contributed by atoms with E-state index in [0.717, 1.165) is 43.4 Å². The molecule has 6 heteroatoms. The standard InChI is InChI=1S/C25H32N6/c1-28(22-9-2-6-19-7-4-12-26-25(19)22)16-20-17-31-23(27-20)10-3-11-24(31)30-15-14-29-13-5-8-21(29)18-30/h3-4,7,10-12,17,21-22H,2,5-6,8-9,13-16,18H2,1H3. The van der Waals surface area contributed by atoms with Gasteiger partial charge < -0.3 is 4.90 Å². The summed E-state index contributed by atoms with van der Waals surface area (Å²) in [5, 5.41) is 0. The fraction of sp³-hybridized carbons (Fsp3) is 0.520. The van der Waals surface area contributed by atoms with Crippen LogP contribution in [-0.2, 0) is 13.0 Å². The molecular weight excluding hydrogens is 384 g/mol. The number of aryl methyl sites for hydroxylation is 1.